The number of nitrogens with zero attached hydrogens (tertiary/aromatic N) is 1. The zero-order chi connectivity index (χ0) is 23.8. The van der Waals surface area contributed by atoms with Crippen LogP contribution in [0.15, 0.2) is 48.5 Å². The molecule has 3 rings (SSSR count). The molecule has 1 fully saturated rings. The second kappa shape index (κ2) is 11.6. The minimum atomic E-state index is -1.28. The summed E-state index contributed by atoms with van der Waals surface area (Å²) in [6, 6.07) is 12.9. The van der Waals surface area contributed by atoms with Crippen molar-refractivity contribution in [2.75, 3.05) is 25.0 Å². The molecule has 0 unspecified atom stereocenters. The molecule has 0 radical (unpaired) electrons. The normalized spacial score (nSPS) is 15.8. The first-order chi connectivity index (χ1) is 15.9. The molecule has 0 aliphatic carbocycles. The van der Waals surface area contributed by atoms with Crippen molar-refractivity contribution in [1.82, 2.24) is 15.7 Å². The smallest absolute Gasteiger partial charge is 0.268 e. The Kier molecular flexibility index (Phi) is 8.53. The number of piperidine rings is 1. The van der Waals surface area contributed by atoms with Crippen molar-refractivity contribution in [3.63, 3.8) is 0 Å². The molecule has 3 amide bonds. The Morgan fingerprint density at radius 3 is 2.06 bits per heavy atom. The molecule has 33 heavy (non-hydrogen) atoms. The van der Waals surface area contributed by atoms with Gasteiger partial charge < -0.3 is 15.7 Å². The molecular weight excluding hydrogens is 424 g/mol. The molecule has 9 heteroatoms. The van der Waals surface area contributed by atoms with Crippen LogP contribution in [-0.4, -0.2) is 64.7 Å². The number of carbonyl (C=O) groups excluding carboxylic acids is 3. The van der Waals surface area contributed by atoms with Crippen LogP contribution in [0.1, 0.15) is 36.5 Å². The third-order valence-corrected chi connectivity index (χ3v) is 5.63. The second-order valence-electron chi connectivity index (χ2n) is 8.21. The molecule has 0 bridgehead atoms. The molecule has 2 aromatic rings. The average Bonchev–Trinajstić information content (AvgIpc) is 2.83. The molecule has 176 valence electrons. The predicted molar refractivity (Wildman–Crippen MR) is 124 cm³/mol. The lowest BCUT2D eigenvalue weighted by atomic mass is 10.0. The summed E-state index contributed by atoms with van der Waals surface area (Å²) in [5.74, 6) is -1.48. The first kappa shape index (κ1) is 24.4. The molecular formula is C24H30N4O5. The van der Waals surface area contributed by atoms with E-state index in [0.29, 0.717) is 12.1 Å². The first-order valence-electron chi connectivity index (χ1n) is 11.0. The van der Waals surface area contributed by atoms with E-state index in [1.807, 2.05) is 24.3 Å². The SMILES string of the molecule is C[C@@H](O)[C@H](NC(=O)c1ccc(-c2ccc(NC(=O)CN3CCCCC3)cc2)cc1)C(=O)NO. The van der Waals surface area contributed by atoms with Crippen molar-refractivity contribution in [3.8, 4) is 11.1 Å². The van der Waals surface area contributed by atoms with Crippen molar-refractivity contribution >= 4 is 23.4 Å². The molecule has 1 aliphatic rings. The van der Waals surface area contributed by atoms with Crippen LogP contribution in [0, 0.1) is 0 Å². The Morgan fingerprint density at radius 1 is 0.939 bits per heavy atom. The highest BCUT2D eigenvalue weighted by molar-refractivity contribution is 5.98. The number of hydrogen-bond donors (Lipinski definition) is 5. The highest BCUT2D eigenvalue weighted by atomic mass is 16.5. The third kappa shape index (κ3) is 6.85. The molecule has 1 heterocycles. The lowest BCUT2D eigenvalue weighted by molar-refractivity contribution is -0.133. The summed E-state index contributed by atoms with van der Waals surface area (Å²) >= 11 is 0. The lowest BCUT2D eigenvalue weighted by Crippen LogP contribution is -2.51. The summed E-state index contributed by atoms with van der Waals surface area (Å²) in [4.78, 5) is 38.4. The van der Waals surface area contributed by atoms with Crippen LogP contribution < -0.4 is 16.1 Å². The van der Waals surface area contributed by atoms with Crippen LogP contribution in [0.4, 0.5) is 5.69 Å². The fraction of sp³-hybridized carbons (Fsp3) is 0.375. The van der Waals surface area contributed by atoms with Gasteiger partial charge in [-0.15, -0.1) is 0 Å². The van der Waals surface area contributed by atoms with Gasteiger partial charge in [-0.2, -0.15) is 0 Å². The summed E-state index contributed by atoms with van der Waals surface area (Å²) < 4.78 is 0. The van der Waals surface area contributed by atoms with E-state index in [9.17, 15) is 19.5 Å². The third-order valence-electron chi connectivity index (χ3n) is 5.63. The minimum Gasteiger partial charge on any atom is -0.391 e. The van der Waals surface area contributed by atoms with Gasteiger partial charge in [0.25, 0.3) is 11.8 Å². The number of carbonyl (C=O) groups is 3. The van der Waals surface area contributed by atoms with Crippen LogP contribution in [0.5, 0.6) is 0 Å². The Hall–Kier alpha value is -3.27. The molecule has 2 atom stereocenters. The molecule has 5 N–H and O–H groups in total. The van der Waals surface area contributed by atoms with E-state index in [4.69, 9.17) is 5.21 Å². The number of hydrogen-bond acceptors (Lipinski definition) is 6. The zero-order valence-corrected chi connectivity index (χ0v) is 18.6. The van der Waals surface area contributed by atoms with Crippen molar-refractivity contribution in [1.29, 1.82) is 0 Å². The van der Waals surface area contributed by atoms with E-state index in [1.54, 1.807) is 24.3 Å². The van der Waals surface area contributed by atoms with E-state index in [-0.39, 0.29) is 5.91 Å². The number of anilines is 1. The van der Waals surface area contributed by atoms with Crippen molar-refractivity contribution in [2.24, 2.45) is 0 Å². The summed E-state index contributed by atoms with van der Waals surface area (Å²) in [7, 11) is 0. The number of amides is 3. The summed E-state index contributed by atoms with van der Waals surface area (Å²) in [5.41, 5.74) is 4.24. The zero-order valence-electron chi connectivity index (χ0n) is 18.6. The molecule has 0 spiro atoms. The van der Waals surface area contributed by atoms with Crippen LogP contribution >= 0.6 is 0 Å². The summed E-state index contributed by atoms with van der Waals surface area (Å²) in [6.45, 7) is 3.67. The molecule has 9 nitrogen and oxygen atoms in total. The number of likely N-dealkylation sites (tertiary alicyclic amines) is 1. The fourth-order valence-electron chi connectivity index (χ4n) is 3.78. The second-order valence-corrected chi connectivity index (χ2v) is 8.21. The molecule has 2 aromatic carbocycles. The van der Waals surface area contributed by atoms with E-state index >= 15 is 0 Å². The van der Waals surface area contributed by atoms with Crippen LogP contribution in [-0.2, 0) is 9.59 Å². The number of hydroxylamine groups is 1. The summed E-state index contributed by atoms with van der Waals surface area (Å²) in [6.07, 6.45) is 2.33. The monoisotopic (exact) mass is 454 g/mol. The Labute approximate surface area is 192 Å². The number of rotatable bonds is 8. The van der Waals surface area contributed by atoms with Crippen LogP contribution in [0.3, 0.4) is 0 Å². The minimum absolute atomic E-state index is 0.0228. The number of benzene rings is 2. The average molecular weight is 455 g/mol. The van der Waals surface area contributed by atoms with Gasteiger partial charge in [-0.1, -0.05) is 30.7 Å². The van der Waals surface area contributed by atoms with Gasteiger partial charge in [0.2, 0.25) is 5.91 Å². The van der Waals surface area contributed by atoms with Crippen molar-refractivity contribution in [2.45, 2.75) is 38.3 Å². The van der Waals surface area contributed by atoms with Gasteiger partial charge in [-0.05, 0) is 68.2 Å². The maximum Gasteiger partial charge on any atom is 0.268 e. The predicted octanol–water partition coefficient (Wildman–Crippen LogP) is 1.76. The van der Waals surface area contributed by atoms with Gasteiger partial charge in [0, 0.05) is 11.3 Å². The van der Waals surface area contributed by atoms with Crippen molar-refractivity contribution in [3.05, 3.63) is 54.1 Å². The van der Waals surface area contributed by atoms with E-state index < -0.39 is 24.0 Å². The van der Waals surface area contributed by atoms with Gasteiger partial charge in [0.1, 0.15) is 6.04 Å². The lowest BCUT2D eigenvalue weighted by Gasteiger charge is -2.25. The quantitative estimate of drug-likeness (QED) is 0.305. The molecule has 0 aromatic heterocycles. The van der Waals surface area contributed by atoms with E-state index in [2.05, 4.69) is 15.5 Å². The Bertz CT molecular complexity index is 954. The highest BCUT2D eigenvalue weighted by Crippen LogP contribution is 2.22. The maximum atomic E-state index is 12.4. The fourth-order valence-corrected chi connectivity index (χ4v) is 3.78. The largest absolute Gasteiger partial charge is 0.391 e. The van der Waals surface area contributed by atoms with E-state index in [0.717, 1.165) is 42.7 Å². The Balaban J connectivity index is 1.58. The van der Waals surface area contributed by atoms with Gasteiger partial charge in [-0.3, -0.25) is 24.5 Å². The van der Waals surface area contributed by atoms with Crippen LogP contribution in [0.2, 0.25) is 0 Å². The van der Waals surface area contributed by atoms with Gasteiger partial charge >= 0.3 is 0 Å². The van der Waals surface area contributed by atoms with Gasteiger partial charge in [-0.25, -0.2) is 5.48 Å². The summed E-state index contributed by atoms with van der Waals surface area (Å²) in [5, 5.41) is 23.7. The van der Waals surface area contributed by atoms with Crippen LogP contribution in [0.25, 0.3) is 11.1 Å². The highest BCUT2D eigenvalue weighted by Gasteiger charge is 2.25. The standard InChI is InChI=1S/C24H30N4O5/c1-16(29)22(24(32)27-33)26-23(31)19-7-5-17(6-8-19)18-9-11-20(12-10-18)25-21(30)15-28-13-3-2-4-14-28/h5-12,16,22,29,33H,2-4,13-15H2,1H3,(H,25,30)(H,26,31)(H,27,32)/t16-,22+/m1/s1. The van der Waals surface area contributed by atoms with Gasteiger partial charge in [0.05, 0.1) is 12.6 Å². The molecule has 0 saturated carbocycles. The molecule has 1 aliphatic heterocycles. The van der Waals surface area contributed by atoms with E-state index in [1.165, 1.54) is 18.8 Å². The van der Waals surface area contributed by atoms with Crippen molar-refractivity contribution < 1.29 is 24.7 Å². The maximum absolute atomic E-state index is 12.4. The molecule has 1 saturated heterocycles. The topological polar surface area (TPSA) is 131 Å². The van der Waals surface area contributed by atoms with Gasteiger partial charge in [0.15, 0.2) is 0 Å². The number of aliphatic hydroxyl groups is 1. The number of nitrogens with one attached hydrogen (secondary N) is 3. The Morgan fingerprint density at radius 2 is 1.52 bits per heavy atom. The number of aliphatic hydroxyl groups excluding tert-OH is 1. The first-order valence-corrected chi connectivity index (χ1v) is 11.0.